The number of carbonyl (C=O) groups excluding carboxylic acids is 1. The number of hydrogen-bond donors (Lipinski definition) is 1. The Hall–Kier alpha value is -3.26. The molecule has 2 aromatic carbocycles. The number of anilines is 1. The highest BCUT2D eigenvalue weighted by molar-refractivity contribution is 7.20. The predicted octanol–water partition coefficient (Wildman–Crippen LogP) is 4.26. The van der Waals surface area contributed by atoms with E-state index in [-0.39, 0.29) is 18.3 Å². The van der Waals surface area contributed by atoms with Crippen molar-refractivity contribution in [1.82, 2.24) is 14.8 Å². The lowest BCUT2D eigenvalue weighted by molar-refractivity contribution is -0.118. The van der Waals surface area contributed by atoms with Crippen LogP contribution in [0.3, 0.4) is 0 Å². The number of aryl methyl sites for hydroxylation is 2. The Balaban J connectivity index is 1.52. The average Bonchev–Trinajstić information content (AvgIpc) is 3.23. The number of benzene rings is 2. The molecule has 0 saturated carbocycles. The molecule has 0 saturated heterocycles. The largest absolute Gasteiger partial charge is 0.484 e. The molecule has 0 aliphatic rings. The Bertz CT molecular complexity index is 1150. The van der Waals surface area contributed by atoms with Gasteiger partial charge in [-0.15, -0.1) is 0 Å². The molecule has 0 bridgehead atoms. The van der Waals surface area contributed by atoms with Gasteiger partial charge in [0.2, 0.25) is 5.13 Å². The summed E-state index contributed by atoms with van der Waals surface area (Å²) >= 11 is 1.30. The van der Waals surface area contributed by atoms with Crippen molar-refractivity contribution in [3.63, 3.8) is 0 Å². The van der Waals surface area contributed by atoms with E-state index in [0.29, 0.717) is 26.9 Å². The zero-order valence-corrected chi connectivity index (χ0v) is 16.1. The summed E-state index contributed by atoms with van der Waals surface area (Å²) in [6.45, 7) is 3.68. The van der Waals surface area contributed by atoms with Crippen LogP contribution in [0.1, 0.15) is 11.3 Å². The highest BCUT2D eigenvalue weighted by Crippen LogP contribution is 2.27. The molecular formula is C20H17FN4O2S. The highest BCUT2D eigenvalue weighted by Gasteiger charge is 2.15. The van der Waals surface area contributed by atoms with Crippen molar-refractivity contribution in [2.45, 2.75) is 13.8 Å². The number of thiazole rings is 1. The minimum Gasteiger partial charge on any atom is -0.484 e. The fourth-order valence-electron chi connectivity index (χ4n) is 2.67. The average molecular weight is 396 g/mol. The summed E-state index contributed by atoms with van der Waals surface area (Å²) in [4.78, 5) is 16.8. The number of aromatic nitrogens is 3. The van der Waals surface area contributed by atoms with Gasteiger partial charge in [-0.1, -0.05) is 29.0 Å². The number of carbonyl (C=O) groups is 1. The summed E-state index contributed by atoms with van der Waals surface area (Å²) in [6, 6.07) is 13.6. The Morgan fingerprint density at radius 1 is 1.18 bits per heavy atom. The van der Waals surface area contributed by atoms with E-state index >= 15 is 0 Å². The minimum absolute atomic E-state index is 0.127. The lowest BCUT2D eigenvalue weighted by Gasteiger charge is -2.08. The van der Waals surface area contributed by atoms with Crippen LogP contribution in [0.4, 0.5) is 10.2 Å². The quantitative estimate of drug-likeness (QED) is 0.547. The van der Waals surface area contributed by atoms with Gasteiger partial charge >= 0.3 is 0 Å². The van der Waals surface area contributed by atoms with Crippen LogP contribution in [0.5, 0.6) is 5.75 Å². The third kappa shape index (κ3) is 3.86. The minimum atomic E-state index is -0.318. The number of hydrogen-bond acceptors (Lipinski definition) is 5. The van der Waals surface area contributed by atoms with Gasteiger partial charge < -0.3 is 10.1 Å². The SMILES string of the molecule is Cc1ccc(OCC(=O)Nc2cc(C)nn2-c2nc3ccc(F)cc3s2)cc1. The molecule has 0 unspecified atom stereocenters. The summed E-state index contributed by atoms with van der Waals surface area (Å²) in [5.41, 5.74) is 2.52. The molecule has 0 aliphatic carbocycles. The summed E-state index contributed by atoms with van der Waals surface area (Å²) in [5, 5.41) is 7.74. The molecule has 0 radical (unpaired) electrons. The molecule has 4 aromatic rings. The molecule has 0 spiro atoms. The second-order valence-corrected chi connectivity index (χ2v) is 7.35. The molecule has 1 amide bonds. The van der Waals surface area contributed by atoms with E-state index in [1.165, 1.54) is 23.5 Å². The van der Waals surface area contributed by atoms with Gasteiger partial charge in [0, 0.05) is 6.07 Å². The second kappa shape index (κ2) is 7.40. The molecule has 4 rings (SSSR count). The first-order valence-electron chi connectivity index (χ1n) is 8.60. The van der Waals surface area contributed by atoms with Crippen LogP contribution in [0.15, 0.2) is 48.5 Å². The van der Waals surface area contributed by atoms with E-state index in [1.807, 2.05) is 38.1 Å². The van der Waals surface area contributed by atoms with Crippen LogP contribution < -0.4 is 10.1 Å². The number of ether oxygens (including phenoxy) is 1. The maximum absolute atomic E-state index is 13.4. The van der Waals surface area contributed by atoms with Crippen molar-refractivity contribution in [3.8, 4) is 10.9 Å². The molecule has 6 nitrogen and oxygen atoms in total. The van der Waals surface area contributed by atoms with Crippen LogP contribution >= 0.6 is 11.3 Å². The van der Waals surface area contributed by atoms with Crippen molar-refractivity contribution < 1.29 is 13.9 Å². The topological polar surface area (TPSA) is 69.0 Å². The highest BCUT2D eigenvalue weighted by atomic mass is 32.1. The molecule has 0 atom stereocenters. The Morgan fingerprint density at radius 2 is 1.96 bits per heavy atom. The molecule has 2 aromatic heterocycles. The molecule has 1 N–H and O–H groups in total. The van der Waals surface area contributed by atoms with Crippen LogP contribution in [-0.4, -0.2) is 27.3 Å². The molecule has 142 valence electrons. The van der Waals surface area contributed by atoms with Gasteiger partial charge in [0.05, 0.1) is 15.9 Å². The lowest BCUT2D eigenvalue weighted by atomic mass is 10.2. The van der Waals surface area contributed by atoms with Crippen molar-refractivity contribution in [1.29, 1.82) is 0 Å². The van der Waals surface area contributed by atoms with E-state index in [1.54, 1.807) is 16.8 Å². The number of amides is 1. The summed E-state index contributed by atoms with van der Waals surface area (Å²) in [7, 11) is 0. The van der Waals surface area contributed by atoms with Gasteiger partial charge in [-0.2, -0.15) is 9.78 Å². The molecular weight excluding hydrogens is 379 g/mol. The van der Waals surface area contributed by atoms with E-state index in [4.69, 9.17) is 4.74 Å². The monoisotopic (exact) mass is 396 g/mol. The molecule has 28 heavy (non-hydrogen) atoms. The van der Waals surface area contributed by atoms with Crippen LogP contribution in [-0.2, 0) is 4.79 Å². The van der Waals surface area contributed by atoms with E-state index < -0.39 is 0 Å². The van der Waals surface area contributed by atoms with E-state index in [0.717, 1.165) is 11.3 Å². The zero-order chi connectivity index (χ0) is 19.7. The summed E-state index contributed by atoms with van der Waals surface area (Å²) in [6.07, 6.45) is 0. The fourth-order valence-corrected chi connectivity index (χ4v) is 3.63. The number of nitrogens with one attached hydrogen (secondary N) is 1. The molecule has 2 heterocycles. The van der Waals surface area contributed by atoms with Gasteiger partial charge in [-0.05, 0) is 44.2 Å². The lowest BCUT2D eigenvalue weighted by Crippen LogP contribution is -2.21. The molecule has 0 aliphatic heterocycles. The summed E-state index contributed by atoms with van der Waals surface area (Å²) < 4.78 is 21.2. The number of fused-ring (bicyclic) bond motifs is 1. The Kier molecular flexibility index (Phi) is 4.79. The number of halogens is 1. The maximum atomic E-state index is 13.4. The first kappa shape index (κ1) is 18.1. The maximum Gasteiger partial charge on any atom is 0.263 e. The summed E-state index contributed by atoms with van der Waals surface area (Å²) in [5.74, 6) is 0.475. The van der Waals surface area contributed by atoms with E-state index in [2.05, 4.69) is 15.4 Å². The Labute approximate surface area is 164 Å². The number of nitrogens with zero attached hydrogens (tertiary/aromatic N) is 3. The van der Waals surface area contributed by atoms with Gasteiger partial charge in [0.1, 0.15) is 17.4 Å². The van der Waals surface area contributed by atoms with Crippen molar-refractivity contribution in [2.24, 2.45) is 0 Å². The second-order valence-electron chi connectivity index (χ2n) is 6.34. The first-order chi connectivity index (χ1) is 13.5. The van der Waals surface area contributed by atoms with Gasteiger partial charge in [0.15, 0.2) is 6.61 Å². The van der Waals surface area contributed by atoms with E-state index in [9.17, 15) is 9.18 Å². The molecule has 0 fully saturated rings. The van der Waals surface area contributed by atoms with Gasteiger partial charge in [0.25, 0.3) is 5.91 Å². The standard InChI is InChI=1S/C20H17FN4O2S/c1-12-3-6-15(7-4-12)27-11-19(26)23-18-9-13(2)24-25(18)20-22-16-8-5-14(21)10-17(16)28-20/h3-10H,11H2,1-2H3,(H,23,26). The van der Waals surface area contributed by atoms with Crippen molar-refractivity contribution in [3.05, 3.63) is 65.6 Å². The first-order valence-corrected chi connectivity index (χ1v) is 9.42. The number of rotatable bonds is 5. The third-order valence-electron chi connectivity index (χ3n) is 4.01. The van der Waals surface area contributed by atoms with Crippen LogP contribution in [0.2, 0.25) is 0 Å². The van der Waals surface area contributed by atoms with Gasteiger partial charge in [-0.3, -0.25) is 4.79 Å². The fraction of sp³-hybridized carbons (Fsp3) is 0.150. The van der Waals surface area contributed by atoms with Crippen LogP contribution in [0.25, 0.3) is 15.3 Å². The molecule has 8 heteroatoms. The third-order valence-corrected chi connectivity index (χ3v) is 5.00. The van der Waals surface area contributed by atoms with Gasteiger partial charge in [-0.25, -0.2) is 9.37 Å². The predicted molar refractivity (Wildman–Crippen MR) is 107 cm³/mol. The smallest absolute Gasteiger partial charge is 0.263 e. The zero-order valence-electron chi connectivity index (χ0n) is 15.3. The van der Waals surface area contributed by atoms with Crippen molar-refractivity contribution in [2.75, 3.05) is 11.9 Å². The van der Waals surface area contributed by atoms with Crippen LogP contribution in [0, 0.1) is 19.7 Å². The Morgan fingerprint density at radius 3 is 2.75 bits per heavy atom. The normalized spacial score (nSPS) is 11.0. The van der Waals surface area contributed by atoms with Crippen molar-refractivity contribution >= 4 is 33.3 Å².